The molecule has 1 aromatic heterocycles. The third-order valence-electron chi connectivity index (χ3n) is 2.84. The van der Waals surface area contributed by atoms with Crippen LogP contribution in [-0.2, 0) is 15.6 Å². The molecule has 1 aromatic rings. The van der Waals surface area contributed by atoms with E-state index >= 15 is 0 Å². The minimum atomic E-state index is -3.08. The van der Waals surface area contributed by atoms with Crippen molar-refractivity contribution in [3.8, 4) is 0 Å². The molecule has 18 heavy (non-hydrogen) atoms. The molecular formula is C12H17NO3S2. The van der Waals surface area contributed by atoms with Gasteiger partial charge in [-0.15, -0.1) is 11.3 Å². The largest absolute Gasteiger partial charge is 0.294 e. The zero-order valence-corrected chi connectivity index (χ0v) is 12.2. The van der Waals surface area contributed by atoms with Gasteiger partial charge in [-0.05, 0) is 19.3 Å². The van der Waals surface area contributed by atoms with Gasteiger partial charge in [0.25, 0.3) is 0 Å². The number of hydrogen-bond acceptors (Lipinski definition) is 5. The van der Waals surface area contributed by atoms with Gasteiger partial charge in [-0.25, -0.2) is 13.4 Å². The third-order valence-corrected chi connectivity index (χ3v) is 5.94. The van der Waals surface area contributed by atoms with E-state index in [1.54, 1.807) is 0 Å². The molecule has 0 spiro atoms. The van der Waals surface area contributed by atoms with Crippen molar-refractivity contribution in [1.82, 2.24) is 4.98 Å². The Morgan fingerprint density at radius 2 is 2.11 bits per heavy atom. The summed E-state index contributed by atoms with van der Waals surface area (Å²) >= 11 is 1.25. The first-order valence-electron chi connectivity index (χ1n) is 6.14. The molecule has 0 bridgehead atoms. The maximum Gasteiger partial charge on any atom is 0.171 e. The molecule has 1 heterocycles. The lowest BCUT2D eigenvalue weighted by Gasteiger charge is -1.98. The Kier molecular flexibility index (Phi) is 3.87. The Morgan fingerprint density at radius 1 is 1.44 bits per heavy atom. The van der Waals surface area contributed by atoms with Crippen LogP contribution < -0.4 is 0 Å². The van der Waals surface area contributed by atoms with Crippen molar-refractivity contribution in [1.29, 1.82) is 0 Å². The smallest absolute Gasteiger partial charge is 0.171 e. The van der Waals surface area contributed by atoms with Crippen LogP contribution in [0, 0.1) is 0 Å². The highest BCUT2D eigenvalue weighted by atomic mass is 32.2. The molecule has 0 radical (unpaired) electrons. The van der Waals surface area contributed by atoms with Crippen LogP contribution in [0.1, 0.15) is 59.4 Å². The predicted octanol–water partition coefficient (Wildman–Crippen LogP) is 2.55. The highest BCUT2D eigenvalue weighted by molar-refractivity contribution is 7.90. The quantitative estimate of drug-likeness (QED) is 0.754. The van der Waals surface area contributed by atoms with Crippen LogP contribution in [0.5, 0.6) is 0 Å². The maximum atomic E-state index is 11.8. The monoisotopic (exact) mass is 287 g/mol. The van der Waals surface area contributed by atoms with Gasteiger partial charge in [0.05, 0.1) is 16.3 Å². The molecule has 0 atom stereocenters. The van der Waals surface area contributed by atoms with E-state index in [0.717, 1.165) is 18.5 Å². The molecule has 100 valence electrons. The van der Waals surface area contributed by atoms with E-state index in [4.69, 9.17) is 0 Å². The number of aromatic nitrogens is 1. The predicted molar refractivity (Wildman–Crippen MR) is 71.9 cm³/mol. The fourth-order valence-electron chi connectivity index (χ4n) is 1.90. The molecule has 1 fully saturated rings. The minimum Gasteiger partial charge on any atom is -0.294 e. The zero-order chi connectivity index (χ0) is 13.3. The lowest BCUT2D eigenvalue weighted by molar-refractivity contribution is 0.102. The molecule has 0 amide bonds. The van der Waals surface area contributed by atoms with Gasteiger partial charge in [-0.1, -0.05) is 6.92 Å². The topological polar surface area (TPSA) is 64.1 Å². The van der Waals surface area contributed by atoms with Gasteiger partial charge >= 0.3 is 0 Å². The highest BCUT2D eigenvalue weighted by Crippen LogP contribution is 2.43. The zero-order valence-electron chi connectivity index (χ0n) is 10.6. The van der Waals surface area contributed by atoms with E-state index in [9.17, 15) is 13.2 Å². The van der Waals surface area contributed by atoms with Crippen molar-refractivity contribution in [3.05, 3.63) is 15.6 Å². The van der Waals surface area contributed by atoms with Gasteiger partial charge in [-0.3, -0.25) is 4.79 Å². The molecular weight excluding hydrogens is 270 g/mol. The lowest BCUT2D eigenvalue weighted by Crippen LogP contribution is -2.08. The molecule has 0 saturated heterocycles. The second-order valence-electron chi connectivity index (χ2n) is 4.74. The van der Waals surface area contributed by atoms with Crippen LogP contribution in [0.3, 0.4) is 0 Å². The number of hydrogen-bond donors (Lipinski definition) is 0. The van der Waals surface area contributed by atoms with Crippen LogP contribution in [0.2, 0.25) is 0 Å². The number of ketones is 1. The van der Waals surface area contributed by atoms with Crippen molar-refractivity contribution >= 4 is 27.0 Å². The molecule has 6 heteroatoms. The average molecular weight is 287 g/mol. The van der Waals surface area contributed by atoms with Gasteiger partial charge in [0.2, 0.25) is 0 Å². The minimum absolute atomic E-state index is 0.00598. The van der Waals surface area contributed by atoms with E-state index < -0.39 is 9.84 Å². The van der Waals surface area contributed by atoms with Gasteiger partial charge < -0.3 is 0 Å². The average Bonchev–Trinajstić information content (AvgIpc) is 3.00. The van der Waals surface area contributed by atoms with Crippen LogP contribution >= 0.6 is 11.3 Å². The first-order valence-corrected chi connectivity index (χ1v) is 8.77. The summed E-state index contributed by atoms with van der Waals surface area (Å²) in [6, 6.07) is 0. The van der Waals surface area contributed by atoms with E-state index in [1.165, 1.54) is 18.3 Å². The van der Waals surface area contributed by atoms with Crippen molar-refractivity contribution in [2.45, 2.75) is 44.8 Å². The summed E-state index contributed by atoms with van der Waals surface area (Å²) in [5, 5.41) is 0.565. The van der Waals surface area contributed by atoms with Gasteiger partial charge in [0.1, 0.15) is 10.8 Å². The fourth-order valence-corrected chi connectivity index (χ4v) is 4.72. The Balaban J connectivity index is 2.24. The molecule has 4 nitrogen and oxygen atoms in total. The number of carbonyl (C=O) groups excluding carboxylic acids is 1. The second kappa shape index (κ2) is 5.09. The second-order valence-corrected chi connectivity index (χ2v) is 8.01. The van der Waals surface area contributed by atoms with E-state index in [1.807, 2.05) is 6.92 Å². The lowest BCUT2D eigenvalue weighted by atomic mass is 10.2. The molecule has 1 aliphatic rings. The van der Waals surface area contributed by atoms with Crippen molar-refractivity contribution in [3.63, 3.8) is 0 Å². The van der Waals surface area contributed by atoms with E-state index in [2.05, 4.69) is 4.98 Å². The molecule has 1 saturated carbocycles. The normalized spacial score (nSPS) is 15.9. The fraction of sp³-hybridized carbons (Fsp3) is 0.667. The Hall–Kier alpha value is -0.750. The Morgan fingerprint density at radius 3 is 2.61 bits per heavy atom. The summed E-state index contributed by atoms with van der Waals surface area (Å²) < 4.78 is 23.5. The van der Waals surface area contributed by atoms with Crippen LogP contribution in [0.4, 0.5) is 0 Å². The summed E-state index contributed by atoms with van der Waals surface area (Å²) in [5.74, 6) is 0.524. The molecule has 0 N–H and O–H groups in total. The third kappa shape index (κ3) is 3.17. The summed E-state index contributed by atoms with van der Waals surface area (Å²) in [4.78, 5) is 16.6. The first-order chi connectivity index (χ1) is 8.43. The van der Waals surface area contributed by atoms with E-state index in [-0.39, 0.29) is 17.3 Å². The van der Waals surface area contributed by atoms with Crippen LogP contribution in [0.25, 0.3) is 0 Å². The molecule has 2 rings (SSSR count). The van der Waals surface area contributed by atoms with Crippen LogP contribution in [0.15, 0.2) is 0 Å². The number of carbonyl (C=O) groups is 1. The van der Waals surface area contributed by atoms with Crippen molar-refractivity contribution in [2.24, 2.45) is 0 Å². The molecule has 0 aromatic carbocycles. The number of Topliss-reactive ketones (excluding diaryl/α,β-unsaturated/α-hetero) is 1. The standard InChI is InChI=1S/C12H17NO3S2/c1-3-6-18(15,16)7-10-13-11(9-4-5-9)12(17-10)8(2)14/h9H,3-7H2,1-2H3. The number of nitrogens with zero attached hydrogens (tertiary/aromatic N) is 1. The van der Waals surface area contributed by atoms with Crippen molar-refractivity contribution in [2.75, 3.05) is 5.75 Å². The van der Waals surface area contributed by atoms with Crippen LogP contribution in [-0.4, -0.2) is 24.9 Å². The van der Waals surface area contributed by atoms with Gasteiger partial charge in [0, 0.05) is 12.8 Å². The van der Waals surface area contributed by atoms with Gasteiger partial charge in [0.15, 0.2) is 15.6 Å². The first kappa shape index (κ1) is 13.7. The summed E-state index contributed by atoms with van der Waals surface area (Å²) in [7, 11) is -3.08. The SMILES string of the molecule is CCCS(=O)(=O)Cc1nc(C2CC2)c(C(C)=O)s1. The Labute approximate surface area is 111 Å². The van der Waals surface area contributed by atoms with Crippen molar-refractivity contribution < 1.29 is 13.2 Å². The number of sulfone groups is 1. The summed E-state index contributed by atoms with van der Waals surface area (Å²) in [5.41, 5.74) is 0.828. The van der Waals surface area contributed by atoms with E-state index in [0.29, 0.717) is 22.2 Å². The summed E-state index contributed by atoms with van der Waals surface area (Å²) in [6.45, 7) is 3.36. The summed E-state index contributed by atoms with van der Waals surface area (Å²) in [6.07, 6.45) is 2.74. The highest BCUT2D eigenvalue weighted by Gasteiger charge is 2.31. The molecule has 0 aliphatic heterocycles. The maximum absolute atomic E-state index is 11.8. The Bertz CT molecular complexity index is 556. The molecule has 0 unspecified atom stereocenters. The molecule has 1 aliphatic carbocycles. The number of rotatable bonds is 6. The van der Waals surface area contributed by atoms with Gasteiger partial charge in [-0.2, -0.15) is 0 Å². The number of thiazole rings is 1.